The molecular formula is C13H18FN. The van der Waals surface area contributed by atoms with Crippen molar-refractivity contribution in [2.24, 2.45) is 0 Å². The molecule has 0 aliphatic carbocycles. The first-order valence-electron chi connectivity index (χ1n) is 5.23. The van der Waals surface area contributed by atoms with Crippen LogP contribution in [0.25, 0.3) is 0 Å². The Morgan fingerprint density at radius 2 is 2.27 bits per heavy atom. The maximum Gasteiger partial charge on any atom is 0.126 e. The van der Waals surface area contributed by atoms with Gasteiger partial charge >= 0.3 is 0 Å². The fourth-order valence-corrected chi connectivity index (χ4v) is 1.65. The summed E-state index contributed by atoms with van der Waals surface area (Å²) in [6, 6.07) is 5.55. The van der Waals surface area contributed by atoms with Gasteiger partial charge in [-0.25, -0.2) is 4.39 Å². The number of allylic oxidation sites excluding steroid dienone is 1. The second kappa shape index (κ2) is 5.66. The van der Waals surface area contributed by atoms with Crippen LogP contribution in [0.5, 0.6) is 0 Å². The summed E-state index contributed by atoms with van der Waals surface area (Å²) >= 11 is 0. The number of nitrogens with one attached hydrogen (secondary N) is 1. The third-order valence-corrected chi connectivity index (χ3v) is 2.59. The predicted octanol–water partition coefficient (Wildman–Crippen LogP) is 3.36. The van der Waals surface area contributed by atoms with E-state index in [-0.39, 0.29) is 11.9 Å². The van der Waals surface area contributed by atoms with Gasteiger partial charge in [0.25, 0.3) is 0 Å². The Kier molecular flexibility index (Phi) is 4.50. The number of halogens is 1. The van der Waals surface area contributed by atoms with Gasteiger partial charge in [-0.05, 0) is 44.0 Å². The summed E-state index contributed by atoms with van der Waals surface area (Å²) in [5.41, 5.74) is 1.84. The lowest BCUT2D eigenvalue weighted by molar-refractivity contribution is 0.551. The van der Waals surface area contributed by atoms with Crippen molar-refractivity contribution in [1.82, 2.24) is 5.32 Å². The molecule has 0 bridgehead atoms. The first-order valence-corrected chi connectivity index (χ1v) is 5.23. The van der Waals surface area contributed by atoms with Crippen molar-refractivity contribution in [2.45, 2.75) is 25.8 Å². The number of benzene rings is 1. The Hall–Kier alpha value is -1.15. The van der Waals surface area contributed by atoms with Crippen LogP contribution in [-0.2, 0) is 0 Å². The lowest BCUT2D eigenvalue weighted by Gasteiger charge is -2.16. The van der Waals surface area contributed by atoms with Crippen LogP contribution in [-0.4, -0.2) is 7.05 Å². The van der Waals surface area contributed by atoms with Gasteiger partial charge in [-0.3, -0.25) is 0 Å². The van der Waals surface area contributed by atoms with Crippen LogP contribution in [0.1, 0.15) is 30.0 Å². The van der Waals surface area contributed by atoms with Crippen molar-refractivity contribution in [2.75, 3.05) is 7.05 Å². The van der Waals surface area contributed by atoms with Crippen molar-refractivity contribution in [3.05, 3.63) is 47.8 Å². The molecule has 0 saturated heterocycles. The molecule has 0 saturated carbocycles. The van der Waals surface area contributed by atoms with Crippen LogP contribution in [0, 0.1) is 12.7 Å². The van der Waals surface area contributed by atoms with E-state index >= 15 is 0 Å². The molecule has 0 aliphatic heterocycles. The van der Waals surface area contributed by atoms with Crippen LogP contribution < -0.4 is 5.32 Å². The molecule has 1 aromatic carbocycles. The molecule has 0 heterocycles. The van der Waals surface area contributed by atoms with Gasteiger partial charge in [-0.1, -0.05) is 18.2 Å². The average molecular weight is 207 g/mol. The normalized spacial score (nSPS) is 12.5. The second-order valence-electron chi connectivity index (χ2n) is 3.72. The molecule has 1 N–H and O–H groups in total. The Morgan fingerprint density at radius 3 is 2.80 bits per heavy atom. The summed E-state index contributed by atoms with van der Waals surface area (Å²) in [5, 5.41) is 3.23. The van der Waals surface area contributed by atoms with Gasteiger partial charge in [-0.15, -0.1) is 6.58 Å². The number of hydrogen-bond donors (Lipinski definition) is 1. The highest BCUT2D eigenvalue weighted by Crippen LogP contribution is 2.20. The van der Waals surface area contributed by atoms with Crippen molar-refractivity contribution >= 4 is 0 Å². The minimum absolute atomic E-state index is 0.141. The molecule has 82 valence electrons. The van der Waals surface area contributed by atoms with E-state index in [1.54, 1.807) is 6.92 Å². The summed E-state index contributed by atoms with van der Waals surface area (Å²) in [6.45, 7) is 5.50. The van der Waals surface area contributed by atoms with Crippen molar-refractivity contribution in [3.8, 4) is 0 Å². The summed E-state index contributed by atoms with van der Waals surface area (Å²) in [5.74, 6) is -0.141. The molecule has 0 spiro atoms. The lowest BCUT2D eigenvalue weighted by atomic mass is 10.00. The quantitative estimate of drug-likeness (QED) is 0.730. The maximum atomic E-state index is 13.1. The zero-order chi connectivity index (χ0) is 11.3. The zero-order valence-electron chi connectivity index (χ0n) is 9.39. The average Bonchev–Trinajstić information content (AvgIpc) is 2.24. The van der Waals surface area contributed by atoms with Gasteiger partial charge in [0, 0.05) is 6.04 Å². The summed E-state index contributed by atoms with van der Waals surface area (Å²) < 4.78 is 13.1. The highest BCUT2D eigenvalue weighted by atomic mass is 19.1. The Labute approximate surface area is 91.0 Å². The van der Waals surface area contributed by atoms with Crippen LogP contribution >= 0.6 is 0 Å². The van der Waals surface area contributed by atoms with E-state index in [1.165, 1.54) is 6.07 Å². The van der Waals surface area contributed by atoms with Crippen LogP contribution in [0.15, 0.2) is 30.9 Å². The first-order chi connectivity index (χ1) is 7.19. The van der Waals surface area contributed by atoms with E-state index in [1.807, 2.05) is 25.3 Å². The van der Waals surface area contributed by atoms with E-state index in [0.29, 0.717) is 5.56 Å². The largest absolute Gasteiger partial charge is 0.313 e. The molecular weight excluding hydrogens is 189 g/mol. The SMILES string of the molecule is C=CCCC(NC)c1ccc(F)c(C)c1. The number of rotatable bonds is 5. The van der Waals surface area contributed by atoms with Gasteiger partial charge in [-0.2, -0.15) is 0 Å². The minimum atomic E-state index is -0.141. The van der Waals surface area contributed by atoms with Gasteiger partial charge in [0.2, 0.25) is 0 Å². The third-order valence-electron chi connectivity index (χ3n) is 2.59. The third kappa shape index (κ3) is 3.17. The molecule has 0 radical (unpaired) electrons. The molecule has 0 amide bonds. The monoisotopic (exact) mass is 207 g/mol. The molecule has 0 fully saturated rings. The number of hydrogen-bond acceptors (Lipinski definition) is 1. The van der Waals surface area contributed by atoms with Crippen molar-refractivity contribution < 1.29 is 4.39 Å². The fraction of sp³-hybridized carbons (Fsp3) is 0.385. The van der Waals surface area contributed by atoms with Crippen molar-refractivity contribution in [1.29, 1.82) is 0 Å². The van der Waals surface area contributed by atoms with Crippen LogP contribution in [0.3, 0.4) is 0 Å². The molecule has 0 aromatic heterocycles. The summed E-state index contributed by atoms with van der Waals surface area (Å²) in [4.78, 5) is 0. The Balaban J connectivity index is 2.82. The van der Waals surface area contributed by atoms with Gasteiger partial charge in [0.15, 0.2) is 0 Å². The molecule has 1 rings (SSSR count). The standard InChI is InChI=1S/C13H18FN/c1-4-5-6-13(15-3)11-7-8-12(14)10(2)9-11/h4,7-9,13,15H,1,5-6H2,2-3H3. The lowest BCUT2D eigenvalue weighted by Crippen LogP contribution is -2.16. The van der Waals surface area contributed by atoms with E-state index in [4.69, 9.17) is 0 Å². The molecule has 15 heavy (non-hydrogen) atoms. The highest BCUT2D eigenvalue weighted by molar-refractivity contribution is 5.26. The molecule has 2 heteroatoms. The summed E-state index contributed by atoms with van der Waals surface area (Å²) in [6.07, 6.45) is 3.85. The topological polar surface area (TPSA) is 12.0 Å². The second-order valence-corrected chi connectivity index (χ2v) is 3.72. The molecule has 1 aromatic rings. The molecule has 1 unspecified atom stereocenters. The predicted molar refractivity (Wildman–Crippen MR) is 62.4 cm³/mol. The molecule has 0 aliphatic rings. The fourth-order valence-electron chi connectivity index (χ4n) is 1.65. The summed E-state index contributed by atoms with van der Waals surface area (Å²) in [7, 11) is 1.92. The van der Waals surface area contributed by atoms with E-state index in [2.05, 4.69) is 11.9 Å². The van der Waals surface area contributed by atoms with E-state index < -0.39 is 0 Å². The Bertz CT molecular complexity index is 333. The van der Waals surface area contributed by atoms with Gasteiger partial charge < -0.3 is 5.32 Å². The maximum absolute atomic E-state index is 13.1. The molecule has 1 atom stereocenters. The van der Waals surface area contributed by atoms with Gasteiger partial charge in [0.05, 0.1) is 0 Å². The van der Waals surface area contributed by atoms with Crippen LogP contribution in [0.4, 0.5) is 4.39 Å². The van der Waals surface area contributed by atoms with Crippen molar-refractivity contribution in [3.63, 3.8) is 0 Å². The first kappa shape index (κ1) is 11.9. The minimum Gasteiger partial charge on any atom is -0.313 e. The van der Waals surface area contributed by atoms with Gasteiger partial charge in [0.1, 0.15) is 5.82 Å². The smallest absolute Gasteiger partial charge is 0.126 e. The molecule has 1 nitrogen and oxygen atoms in total. The van der Waals surface area contributed by atoms with Crippen LogP contribution in [0.2, 0.25) is 0 Å². The highest BCUT2D eigenvalue weighted by Gasteiger charge is 2.09. The zero-order valence-corrected chi connectivity index (χ0v) is 9.39. The number of aryl methyl sites for hydroxylation is 1. The van der Waals surface area contributed by atoms with E-state index in [0.717, 1.165) is 18.4 Å². The Morgan fingerprint density at radius 1 is 1.53 bits per heavy atom. The van der Waals surface area contributed by atoms with E-state index in [9.17, 15) is 4.39 Å².